The first-order valence-electron chi connectivity index (χ1n) is 6.42. The van der Waals surface area contributed by atoms with Crippen LogP contribution in [-0.4, -0.2) is 9.38 Å². The Kier molecular flexibility index (Phi) is 6.50. The normalized spacial score (nSPS) is 10.1. The Morgan fingerprint density at radius 2 is 1.82 bits per heavy atom. The van der Waals surface area contributed by atoms with E-state index >= 15 is 0 Å². The van der Waals surface area contributed by atoms with Crippen molar-refractivity contribution in [3.8, 4) is 0 Å². The van der Waals surface area contributed by atoms with E-state index in [2.05, 4.69) is 47.5 Å². The van der Waals surface area contributed by atoms with Gasteiger partial charge in [-0.25, -0.2) is 0 Å². The first-order chi connectivity index (χ1) is 9.25. The van der Waals surface area contributed by atoms with Gasteiger partial charge in [-0.05, 0) is 36.4 Å². The molecule has 0 aliphatic rings. The van der Waals surface area contributed by atoms with Gasteiger partial charge >= 0.3 is 21.1 Å². The summed E-state index contributed by atoms with van der Waals surface area (Å²) in [5.41, 5.74) is 4.81. The van der Waals surface area contributed by atoms with Crippen LogP contribution in [0.25, 0.3) is 27.3 Å². The number of imidazole rings is 1. The van der Waals surface area contributed by atoms with Gasteiger partial charge in [0, 0.05) is 50.6 Å². The average molecular weight is 544 g/mol. The van der Waals surface area contributed by atoms with Crippen LogP contribution >= 0.6 is 0 Å². The van der Waals surface area contributed by atoms with Crippen LogP contribution in [-0.2, 0) is 53.8 Å². The maximum absolute atomic E-state index is 4.48. The molecular formula is C18H16N2PtY. The van der Waals surface area contributed by atoms with Gasteiger partial charge in [0.25, 0.3) is 0 Å². The molecule has 0 unspecified atom stereocenters. The van der Waals surface area contributed by atoms with Crippen LogP contribution in [0, 0.1) is 27.3 Å². The first kappa shape index (κ1) is 19.5. The smallest absolute Gasteiger partial charge is 0.358 e. The zero-order valence-corrected chi connectivity index (χ0v) is 17.9. The summed E-state index contributed by atoms with van der Waals surface area (Å²) < 4.78 is 2.15. The number of benzene rings is 2. The van der Waals surface area contributed by atoms with Crippen molar-refractivity contribution in [3.63, 3.8) is 0 Å². The van der Waals surface area contributed by atoms with E-state index in [4.69, 9.17) is 0 Å². The Labute approximate surface area is 170 Å². The van der Waals surface area contributed by atoms with Crippen molar-refractivity contribution in [2.24, 2.45) is 0 Å². The Balaban J connectivity index is 0.000000807. The summed E-state index contributed by atoms with van der Waals surface area (Å²) in [5.74, 6) is 0. The number of rotatable bonds is 0. The second-order valence-electron chi connectivity index (χ2n) is 5.03. The number of nitrogens with zero attached hydrogens (tertiary/aromatic N) is 2. The summed E-state index contributed by atoms with van der Waals surface area (Å²) in [6.07, 6.45) is 3.87. The van der Waals surface area contributed by atoms with Gasteiger partial charge in [0.1, 0.15) is 0 Å². The molecule has 0 fully saturated rings. The van der Waals surface area contributed by atoms with E-state index in [9.17, 15) is 0 Å². The molecule has 4 heteroatoms. The monoisotopic (exact) mass is 544 g/mol. The second-order valence-corrected chi connectivity index (χ2v) is 5.03. The van der Waals surface area contributed by atoms with E-state index in [-0.39, 0.29) is 61.2 Å². The van der Waals surface area contributed by atoms with Crippen molar-refractivity contribution in [1.82, 2.24) is 9.38 Å². The second kappa shape index (κ2) is 7.34. The standard InChI is InChI=1S/C17H13N2.CH3.Pt.Y/c1-11-9-15-13-5-3-4-6-14(13)17-18-7-8-19(17)16(15)10-12(11)2;;;/h3-5,7-10H,1-2H3;1H3;;/q2*-1;+2;. The molecule has 0 saturated heterocycles. The van der Waals surface area contributed by atoms with E-state index in [1.165, 1.54) is 27.4 Å². The topological polar surface area (TPSA) is 17.3 Å². The summed E-state index contributed by atoms with van der Waals surface area (Å²) in [6, 6.07) is 14.0. The Morgan fingerprint density at radius 1 is 1.09 bits per heavy atom. The molecule has 4 aromatic rings. The minimum absolute atomic E-state index is 0. The predicted octanol–water partition coefficient (Wildman–Crippen LogP) is 4.50. The van der Waals surface area contributed by atoms with Gasteiger partial charge < -0.3 is 11.8 Å². The maximum atomic E-state index is 4.48. The summed E-state index contributed by atoms with van der Waals surface area (Å²) in [6.45, 7) is 4.31. The first-order valence-corrected chi connectivity index (χ1v) is 6.42. The van der Waals surface area contributed by atoms with Crippen LogP contribution in [0.5, 0.6) is 0 Å². The van der Waals surface area contributed by atoms with Gasteiger partial charge in [0.15, 0.2) is 0 Å². The van der Waals surface area contributed by atoms with E-state index < -0.39 is 0 Å². The molecule has 0 N–H and O–H groups in total. The van der Waals surface area contributed by atoms with Gasteiger partial charge in [-0.15, -0.1) is 29.7 Å². The number of fused-ring (bicyclic) bond motifs is 6. The van der Waals surface area contributed by atoms with E-state index in [0.29, 0.717) is 0 Å². The van der Waals surface area contributed by atoms with Crippen molar-refractivity contribution in [2.45, 2.75) is 13.8 Å². The molecule has 2 aromatic heterocycles. The fourth-order valence-electron chi connectivity index (χ4n) is 2.75. The van der Waals surface area contributed by atoms with Crippen molar-refractivity contribution >= 4 is 27.3 Å². The molecule has 2 aromatic carbocycles. The Morgan fingerprint density at radius 3 is 2.59 bits per heavy atom. The predicted molar refractivity (Wildman–Crippen MR) is 84.9 cm³/mol. The molecule has 0 bridgehead atoms. The summed E-state index contributed by atoms with van der Waals surface area (Å²) in [5, 5.41) is 3.57. The number of pyridine rings is 1. The van der Waals surface area contributed by atoms with E-state index in [1.807, 2.05) is 24.5 Å². The zero-order valence-electron chi connectivity index (χ0n) is 12.8. The maximum Gasteiger partial charge on any atom is 2.00 e. The van der Waals surface area contributed by atoms with Gasteiger partial charge in [0.2, 0.25) is 0 Å². The van der Waals surface area contributed by atoms with Crippen molar-refractivity contribution in [3.05, 3.63) is 67.3 Å². The molecule has 22 heavy (non-hydrogen) atoms. The molecule has 0 aliphatic carbocycles. The molecule has 111 valence electrons. The number of aromatic nitrogens is 2. The number of aryl methyl sites for hydroxylation is 2. The largest absolute Gasteiger partial charge is 2.00 e. The van der Waals surface area contributed by atoms with Gasteiger partial charge in [-0.1, -0.05) is 11.5 Å². The van der Waals surface area contributed by atoms with Crippen molar-refractivity contribution in [1.29, 1.82) is 0 Å². The van der Waals surface area contributed by atoms with Gasteiger partial charge in [-0.3, -0.25) is 4.98 Å². The molecule has 4 rings (SSSR count). The fourth-order valence-corrected chi connectivity index (χ4v) is 2.75. The quantitative estimate of drug-likeness (QED) is 0.236. The molecule has 0 amide bonds. The minimum Gasteiger partial charge on any atom is -0.358 e. The molecule has 1 radical (unpaired) electrons. The molecule has 0 saturated carbocycles. The van der Waals surface area contributed by atoms with Crippen LogP contribution in [0.15, 0.2) is 42.7 Å². The SMILES string of the molecule is Cc1cc2c3ccc[c-]c3c3nccn3c2cc1C.[CH3-].[Pt+2].[Y]. The third-order valence-electron chi connectivity index (χ3n) is 3.88. The third-order valence-corrected chi connectivity index (χ3v) is 3.88. The molecule has 2 nitrogen and oxygen atoms in total. The number of hydrogen-bond acceptors (Lipinski definition) is 1. The summed E-state index contributed by atoms with van der Waals surface area (Å²) in [4.78, 5) is 4.48. The van der Waals surface area contributed by atoms with E-state index in [1.54, 1.807) is 0 Å². The third kappa shape index (κ3) is 2.82. The Bertz CT molecular complexity index is 944. The van der Waals surface area contributed by atoms with Crippen LogP contribution in [0.4, 0.5) is 0 Å². The molecule has 2 heterocycles. The van der Waals surface area contributed by atoms with Crippen LogP contribution in [0.2, 0.25) is 0 Å². The van der Waals surface area contributed by atoms with E-state index in [0.717, 1.165) is 11.0 Å². The molecule has 0 atom stereocenters. The molecule has 0 aliphatic heterocycles. The summed E-state index contributed by atoms with van der Waals surface area (Å²) >= 11 is 0. The Hall–Kier alpha value is -0.558. The van der Waals surface area contributed by atoms with Crippen molar-refractivity contribution < 1.29 is 53.8 Å². The van der Waals surface area contributed by atoms with Crippen LogP contribution in [0.3, 0.4) is 0 Å². The zero-order chi connectivity index (χ0) is 13.0. The molecule has 0 spiro atoms. The number of hydrogen-bond donors (Lipinski definition) is 0. The van der Waals surface area contributed by atoms with Crippen LogP contribution in [0.1, 0.15) is 11.1 Å². The minimum atomic E-state index is 0. The fraction of sp³-hybridized carbons (Fsp3) is 0.111. The van der Waals surface area contributed by atoms with Crippen LogP contribution < -0.4 is 0 Å². The average Bonchev–Trinajstić information content (AvgIpc) is 2.91. The van der Waals surface area contributed by atoms with Crippen molar-refractivity contribution in [2.75, 3.05) is 0 Å². The van der Waals surface area contributed by atoms with Gasteiger partial charge in [-0.2, -0.15) is 0 Å². The van der Waals surface area contributed by atoms with Gasteiger partial charge in [0.05, 0.1) is 5.65 Å². The molecular weight excluding hydrogens is 528 g/mol. The summed E-state index contributed by atoms with van der Waals surface area (Å²) in [7, 11) is 0.